The number of hydrogen-bond acceptors (Lipinski definition) is 4. The highest BCUT2D eigenvalue weighted by atomic mass is 32.1. The zero-order valence-corrected chi connectivity index (χ0v) is 26.4. The van der Waals surface area contributed by atoms with Gasteiger partial charge in [-0.1, -0.05) is 66.2 Å². The maximum absolute atomic E-state index is 6.11. The van der Waals surface area contributed by atoms with Crippen molar-refractivity contribution in [1.29, 1.82) is 0 Å². The summed E-state index contributed by atoms with van der Waals surface area (Å²) in [6.07, 6.45) is 9.94. The molecule has 0 amide bonds. The molecule has 0 saturated heterocycles. The third-order valence-electron chi connectivity index (χ3n) is 7.79. The SMILES string of the molecule is CCCCC(CC)COc1ccc(-c2ccc(-c3ccc(-c4ccc(OCC(CC)CCCC)cc4)s3)s2)cc1. The minimum Gasteiger partial charge on any atom is -0.493 e. The second-order valence-corrected chi connectivity index (χ2v) is 13.0. The van der Waals surface area contributed by atoms with Crippen molar-refractivity contribution in [2.45, 2.75) is 79.1 Å². The Hall–Kier alpha value is -2.56. The number of thiophene rings is 2. The van der Waals surface area contributed by atoms with E-state index in [1.165, 1.54) is 82.0 Å². The average molecular weight is 575 g/mol. The summed E-state index contributed by atoms with van der Waals surface area (Å²) >= 11 is 3.71. The van der Waals surface area contributed by atoms with E-state index in [0.29, 0.717) is 11.8 Å². The van der Waals surface area contributed by atoms with Crippen LogP contribution in [0.15, 0.2) is 72.8 Å². The van der Waals surface area contributed by atoms with Crippen molar-refractivity contribution in [2.24, 2.45) is 11.8 Å². The van der Waals surface area contributed by atoms with Gasteiger partial charge in [0.25, 0.3) is 0 Å². The van der Waals surface area contributed by atoms with Crippen molar-refractivity contribution in [3.63, 3.8) is 0 Å². The van der Waals surface area contributed by atoms with E-state index in [0.717, 1.165) is 24.7 Å². The first-order valence-corrected chi connectivity index (χ1v) is 16.9. The minimum atomic E-state index is 0.648. The van der Waals surface area contributed by atoms with E-state index in [9.17, 15) is 0 Å². The molecule has 214 valence electrons. The van der Waals surface area contributed by atoms with Crippen LogP contribution < -0.4 is 9.47 Å². The van der Waals surface area contributed by atoms with Crippen LogP contribution in [0.5, 0.6) is 11.5 Å². The highest BCUT2D eigenvalue weighted by molar-refractivity contribution is 7.25. The topological polar surface area (TPSA) is 18.5 Å². The van der Waals surface area contributed by atoms with Gasteiger partial charge in [0, 0.05) is 19.5 Å². The Morgan fingerprint density at radius 2 is 0.875 bits per heavy atom. The monoisotopic (exact) mass is 574 g/mol. The Morgan fingerprint density at radius 3 is 1.23 bits per heavy atom. The standard InChI is InChI=1S/C36H46O2S2/c1-5-9-11-27(7-3)25-37-31-17-13-29(14-18-31)33-21-23-35(39-33)36-24-22-34(40-36)30-15-19-32(20-16-30)38-26-28(8-4)12-10-6-2/h13-24,27-28H,5-12,25-26H2,1-4H3. The zero-order chi connectivity index (χ0) is 28.2. The first-order chi connectivity index (χ1) is 19.6. The van der Waals surface area contributed by atoms with Crippen LogP contribution in [0, 0.1) is 11.8 Å². The highest BCUT2D eigenvalue weighted by Crippen LogP contribution is 2.40. The van der Waals surface area contributed by atoms with Crippen LogP contribution in [0.3, 0.4) is 0 Å². The lowest BCUT2D eigenvalue weighted by atomic mass is 10.0. The summed E-state index contributed by atoms with van der Waals surface area (Å²) in [4.78, 5) is 5.20. The summed E-state index contributed by atoms with van der Waals surface area (Å²) < 4.78 is 12.2. The van der Waals surface area contributed by atoms with Crippen LogP contribution in [-0.2, 0) is 0 Å². The molecule has 0 saturated carbocycles. The van der Waals surface area contributed by atoms with Crippen molar-refractivity contribution >= 4 is 22.7 Å². The van der Waals surface area contributed by atoms with E-state index < -0.39 is 0 Å². The molecule has 2 aromatic heterocycles. The van der Waals surface area contributed by atoms with Crippen molar-refractivity contribution in [3.05, 3.63) is 72.8 Å². The Bertz CT molecular complexity index is 1150. The number of benzene rings is 2. The third kappa shape index (κ3) is 8.72. The maximum atomic E-state index is 6.11. The molecule has 0 aliphatic heterocycles. The molecule has 2 nitrogen and oxygen atoms in total. The highest BCUT2D eigenvalue weighted by Gasteiger charge is 2.11. The van der Waals surface area contributed by atoms with E-state index in [2.05, 4.69) is 100 Å². The quantitative estimate of drug-likeness (QED) is 0.125. The second kappa shape index (κ2) is 16.0. The molecule has 4 heteroatoms. The van der Waals surface area contributed by atoms with Gasteiger partial charge in [0.2, 0.25) is 0 Å². The van der Waals surface area contributed by atoms with Gasteiger partial charge in [-0.3, -0.25) is 0 Å². The van der Waals surface area contributed by atoms with Gasteiger partial charge in [-0.25, -0.2) is 0 Å². The van der Waals surface area contributed by atoms with Crippen LogP contribution in [0.4, 0.5) is 0 Å². The van der Waals surface area contributed by atoms with Crippen LogP contribution in [0.1, 0.15) is 79.1 Å². The minimum absolute atomic E-state index is 0.648. The number of ether oxygens (including phenoxy) is 2. The zero-order valence-electron chi connectivity index (χ0n) is 24.8. The molecular weight excluding hydrogens is 529 g/mol. The van der Waals surface area contributed by atoms with Gasteiger partial charge in [-0.15, -0.1) is 22.7 Å². The summed E-state index contributed by atoms with van der Waals surface area (Å²) in [5, 5.41) is 0. The molecule has 2 aromatic carbocycles. The van der Waals surface area contributed by atoms with Crippen LogP contribution in [-0.4, -0.2) is 13.2 Å². The second-order valence-electron chi connectivity index (χ2n) is 10.8. The van der Waals surface area contributed by atoms with Gasteiger partial charge in [-0.2, -0.15) is 0 Å². The molecule has 0 N–H and O–H groups in total. The average Bonchev–Trinajstić information content (AvgIpc) is 3.69. The first-order valence-electron chi connectivity index (χ1n) is 15.3. The molecule has 2 unspecified atom stereocenters. The Labute approximate surface area is 250 Å². The maximum Gasteiger partial charge on any atom is 0.119 e. The Kier molecular flexibility index (Phi) is 12.2. The molecule has 4 rings (SSSR count). The smallest absolute Gasteiger partial charge is 0.119 e. The van der Waals surface area contributed by atoms with E-state index >= 15 is 0 Å². The molecule has 0 aliphatic rings. The Balaban J connectivity index is 1.33. The van der Waals surface area contributed by atoms with E-state index in [-0.39, 0.29) is 0 Å². The normalized spacial score (nSPS) is 12.8. The molecule has 2 heterocycles. The van der Waals surface area contributed by atoms with E-state index in [4.69, 9.17) is 9.47 Å². The fraction of sp³-hybridized carbons (Fsp3) is 0.444. The summed E-state index contributed by atoms with van der Waals surface area (Å²) in [6.45, 7) is 10.7. The molecule has 0 spiro atoms. The van der Waals surface area contributed by atoms with E-state index in [1.54, 1.807) is 0 Å². The molecule has 0 aliphatic carbocycles. The molecule has 40 heavy (non-hydrogen) atoms. The predicted molar refractivity (Wildman–Crippen MR) is 176 cm³/mol. The van der Waals surface area contributed by atoms with Crippen LogP contribution in [0.25, 0.3) is 30.6 Å². The van der Waals surface area contributed by atoms with Gasteiger partial charge in [0.1, 0.15) is 11.5 Å². The lowest BCUT2D eigenvalue weighted by molar-refractivity contribution is 0.233. The van der Waals surface area contributed by atoms with Crippen LogP contribution in [0.2, 0.25) is 0 Å². The van der Waals surface area contributed by atoms with Crippen molar-refractivity contribution in [2.75, 3.05) is 13.2 Å². The van der Waals surface area contributed by atoms with Gasteiger partial charge in [0.15, 0.2) is 0 Å². The van der Waals surface area contributed by atoms with Gasteiger partial charge in [0.05, 0.1) is 13.2 Å². The van der Waals surface area contributed by atoms with Crippen LogP contribution >= 0.6 is 22.7 Å². The predicted octanol–water partition coefficient (Wildman–Crippen LogP) is 12.0. The largest absolute Gasteiger partial charge is 0.493 e. The van der Waals surface area contributed by atoms with E-state index in [1.807, 2.05) is 22.7 Å². The van der Waals surface area contributed by atoms with Gasteiger partial charge < -0.3 is 9.47 Å². The molecule has 0 fully saturated rings. The summed E-state index contributed by atoms with van der Waals surface area (Å²) in [5.74, 6) is 3.23. The fourth-order valence-corrected chi connectivity index (χ4v) is 7.02. The van der Waals surface area contributed by atoms with Crippen molar-refractivity contribution in [3.8, 4) is 42.1 Å². The molecular formula is C36H46O2S2. The molecule has 0 radical (unpaired) electrons. The lowest BCUT2D eigenvalue weighted by Crippen LogP contribution is -2.11. The molecule has 2 atom stereocenters. The fourth-order valence-electron chi connectivity index (χ4n) is 4.91. The number of unbranched alkanes of at least 4 members (excludes halogenated alkanes) is 2. The number of hydrogen-bond donors (Lipinski definition) is 0. The van der Waals surface area contributed by atoms with Gasteiger partial charge >= 0.3 is 0 Å². The lowest BCUT2D eigenvalue weighted by Gasteiger charge is -2.15. The summed E-state index contributed by atoms with van der Waals surface area (Å²) in [7, 11) is 0. The molecule has 4 aromatic rings. The van der Waals surface area contributed by atoms with Gasteiger partial charge in [-0.05, 0) is 109 Å². The Morgan fingerprint density at radius 1 is 0.500 bits per heavy atom. The van der Waals surface area contributed by atoms with Crippen molar-refractivity contribution < 1.29 is 9.47 Å². The number of rotatable bonds is 17. The summed E-state index contributed by atoms with van der Waals surface area (Å²) in [6, 6.07) is 26.2. The van der Waals surface area contributed by atoms with Crippen molar-refractivity contribution in [1.82, 2.24) is 0 Å². The third-order valence-corrected chi connectivity index (χ3v) is 10.3. The summed E-state index contributed by atoms with van der Waals surface area (Å²) in [5.41, 5.74) is 2.49. The first kappa shape index (κ1) is 30.4. The molecule has 0 bridgehead atoms.